The summed E-state index contributed by atoms with van der Waals surface area (Å²) >= 11 is 0. The van der Waals surface area contributed by atoms with Gasteiger partial charge in [0.05, 0.1) is 17.1 Å². The number of amides is 1. The smallest absolute Gasteiger partial charge is 0.263 e. The van der Waals surface area contributed by atoms with Crippen LogP contribution in [0.15, 0.2) is 53.6 Å². The van der Waals surface area contributed by atoms with Crippen molar-refractivity contribution in [1.29, 1.82) is 0 Å². The highest BCUT2D eigenvalue weighted by Crippen LogP contribution is 2.25. The van der Waals surface area contributed by atoms with E-state index in [-0.39, 0.29) is 5.56 Å². The van der Waals surface area contributed by atoms with Crippen molar-refractivity contribution in [2.45, 2.75) is 13.8 Å². The number of anilines is 4. The number of rotatable bonds is 5. The van der Waals surface area contributed by atoms with Gasteiger partial charge in [-0.05, 0) is 62.9 Å². The van der Waals surface area contributed by atoms with Gasteiger partial charge in [0.2, 0.25) is 0 Å². The average Bonchev–Trinajstić information content (AvgIpc) is 2.77. The van der Waals surface area contributed by atoms with E-state index in [1.807, 2.05) is 44.2 Å². The van der Waals surface area contributed by atoms with Crippen molar-refractivity contribution in [2.24, 2.45) is 0 Å². The molecule has 0 unspecified atom stereocenters. The van der Waals surface area contributed by atoms with E-state index in [1.165, 1.54) is 6.20 Å². The molecule has 1 amide bonds. The highest BCUT2D eigenvalue weighted by Gasteiger charge is 2.18. The Morgan fingerprint density at radius 2 is 1.75 bits per heavy atom. The van der Waals surface area contributed by atoms with Gasteiger partial charge in [0.1, 0.15) is 5.56 Å². The molecule has 3 heterocycles. The van der Waals surface area contributed by atoms with E-state index in [2.05, 4.69) is 37.4 Å². The molecule has 166 valence electrons. The number of nitrogens with zero attached hydrogens (tertiary/aromatic N) is 3. The van der Waals surface area contributed by atoms with E-state index in [1.54, 1.807) is 12.3 Å². The number of aryl methyl sites for hydroxylation is 2. The maximum atomic E-state index is 13.0. The molecule has 8 heteroatoms. The van der Waals surface area contributed by atoms with E-state index in [4.69, 9.17) is 0 Å². The zero-order chi connectivity index (χ0) is 22.7. The number of aromatic nitrogens is 2. The maximum absolute atomic E-state index is 13.0. The molecule has 1 aliphatic heterocycles. The Kier molecular flexibility index (Phi) is 6.23. The molecule has 0 radical (unpaired) electrons. The Morgan fingerprint density at radius 3 is 2.44 bits per heavy atom. The monoisotopic (exact) mass is 432 g/mol. The van der Waals surface area contributed by atoms with Crippen LogP contribution in [-0.2, 0) is 0 Å². The summed E-state index contributed by atoms with van der Waals surface area (Å²) < 4.78 is 0. The van der Waals surface area contributed by atoms with Crippen LogP contribution < -0.4 is 21.1 Å². The Morgan fingerprint density at radius 1 is 1.03 bits per heavy atom. The van der Waals surface area contributed by atoms with Crippen molar-refractivity contribution in [3.8, 4) is 0 Å². The second-order valence-electron chi connectivity index (χ2n) is 8.10. The first kappa shape index (κ1) is 21.6. The van der Waals surface area contributed by atoms with Crippen LogP contribution in [0.25, 0.3) is 0 Å². The average molecular weight is 433 g/mol. The number of hydrogen-bond acceptors (Lipinski definition) is 6. The lowest BCUT2D eigenvalue weighted by molar-refractivity contribution is 0.102. The number of carbonyl (C=O) groups is 1. The molecule has 0 saturated carbocycles. The molecule has 2 aromatic heterocycles. The Labute approximate surface area is 187 Å². The highest BCUT2D eigenvalue weighted by molar-refractivity contribution is 6.08. The van der Waals surface area contributed by atoms with Crippen molar-refractivity contribution in [3.05, 3.63) is 76.0 Å². The maximum Gasteiger partial charge on any atom is 0.263 e. The molecule has 1 saturated heterocycles. The van der Waals surface area contributed by atoms with Crippen molar-refractivity contribution >= 4 is 28.7 Å². The van der Waals surface area contributed by atoms with Gasteiger partial charge in [-0.3, -0.25) is 14.6 Å². The van der Waals surface area contributed by atoms with Gasteiger partial charge in [-0.2, -0.15) is 0 Å². The van der Waals surface area contributed by atoms with E-state index in [9.17, 15) is 9.59 Å². The molecule has 3 N–H and O–H groups in total. The number of carbonyl (C=O) groups excluding carboxylic acids is 1. The van der Waals surface area contributed by atoms with Gasteiger partial charge in [0.15, 0.2) is 0 Å². The first-order chi connectivity index (χ1) is 15.4. The van der Waals surface area contributed by atoms with Crippen molar-refractivity contribution in [3.63, 3.8) is 0 Å². The zero-order valence-electron chi connectivity index (χ0n) is 18.6. The normalized spacial score (nSPS) is 14.3. The van der Waals surface area contributed by atoms with E-state index in [0.717, 1.165) is 48.8 Å². The quantitative estimate of drug-likeness (QED) is 0.574. The number of pyridine rings is 2. The molecule has 0 spiro atoms. The Bertz CT molecular complexity index is 1140. The van der Waals surface area contributed by atoms with Gasteiger partial charge in [-0.1, -0.05) is 0 Å². The number of hydrogen-bond donors (Lipinski definition) is 3. The number of likely N-dealkylation sites (N-methyl/N-ethyl adjacent to an activating group) is 1. The summed E-state index contributed by atoms with van der Waals surface area (Å²) in [4.78, 5) is 37.1. The molecule has 0 bridgehead atoms. The molecule has 0 aliphatic carbocycles. The molecule has 4 rings (SSSR count). The predicted molar refractivity (Wildman–Crippen MR) is 128 cm³/mol. The summed E-state index contributed by atoms with van der Waals surface area (Å²) in [5.41, 5.74) is 4.30. The van der Waals surface area contributed by atoms with Crippen LogP contribution in [0.3, 0.4) is 0 Å². The molecule has 1 aromatic carbocycles. The fourth-order valence-electron chi connectivity index (χ4n) is 3.84. The second-order valence-corrected chi connectivity index (χ2v) is 8.10. The number of nitrogens with one attached hydrogen (secondary N) is 3. The summed E-state index contributed by atoms with van der Waals surface area (Å²) in [6, 6.07) is 11.3. The molecule has 1 aliphatic rings. The number of piperazine rings is 1. The minimum Gasteiger partial charge on any atom is -0.369 e. The summed E-state index contributed by atoms with van der Waals surface area (Å²) in [5, 5.41) is 6.07. The third-order valence-corrected chi connectivity index (χ3v) is 5.79. The van der Waals surface area contributed by atoms with E-state index in [0.29, 0.717) is 11.4 Å². The first-order valence-corrected chi connectivity index (χ1v) is 10.7. The lowest BCUT2D eigenvalue weighted by atomic mass is 10.1. The van der Waals surface area contributed by atoms with Gasteiger partial charge in [0.25, 0.3) is 11.5 Å². The van der Waals surface area contributed by atoms with Gasteiger partial charge in [-0.25, -0.2) is 0 Å². The third-order valence-electron chi connectivity index (χ3n) is 5.79. The highest BCUT2D eigenvalue weighted by atomic mass is 16.2. The SMILES string of the molecule is Cc1ccnc(C)c1Nc1cc[nH]c(=O)c1C(=O)Nc1ccc(N2CCN(C)CC2)cc1. The van der Waals surface area contributed by atoms with Gasteiger partial charge in [0, 0.05) is 49.9 Å². The molecule has 1 fully saturated rings. The minimum absolute atomic E-state index is 0.0262. The van der Waals surface area contributed by atoms with Crippen molar-refractivity contribution < 1.29 is 4.79 Å². The second kappa shape index (κ2) is 9.23. The summed E-state index contributed by atoms with van der Waals surface area (Å²) in [7, 11) is 2.13. The predicted octanol–water partition coefficient (Wildman–Crippen LogP) is 3.13. The molecule has 0 atom stereocenters. The number of benzene rings is 1. The lowest BCUT2D eigenvalue weighted by Gasteiger charge is -2.34. The van der Waals surface area contributed by atoms with Crippen LogP contribution in [0.1, 0.15) is 21.6 Å². The van der Waals surface area contributed by atoms with Crippen LogP contribution >= 0.6 is 0 Å². The van der Waals surface area contributed by atoms with Gasteiger partial charge in [-0.15, -0.1) is 0 Å². The molecule has 8 nitrogen and oxygen atoms in total. The molecule has 3 aromatic rings. The fourth-order valence-corrected chi connectivity index (χ4v) is 3.84. The van der Waals surface area contributed by atoms with Gasteiger partial charge >= 0.3 is 0 Å². The van der Waals surface area contributed by atoms with E-state index >= 15 is 0 Å². The molecule has 32 heavy (non-hydrogen) atoms. The minimum atomic E-state index is -0.471. The standard InChI is InChI=1S/C24H28N6O2/c1-16-8-10-25-17(2)22(16)28-20-9-11-26-23(31)21(20)24(32)27-18-4-6-19(7-5-18)30-14-12-29(3)13-15-30/h4-11H,12-15H2,1-3H3,(H,27,32)(H2,26,28,31). The van der Waals surface area contributed by atoms with Crippen molar-refractivity contribution in [1.82, 2.24) is 14.9 Å². The van der Waals surface area contributed by atoms with Crippen LogP contribution in [0.2, 0.25) is 0 Å². The van der Waals surface area contributed by atoms with Crippen molar-refractivity contribution in [2.75, 3.05) is 48.8 Å². The largest absolute Gasteiger partial charge is 0.369 e. The van der Waals surface area contributed by atoms with E-state index < -0.39 is 11.5 Å². The summed E-state index contributed by atoms with van der Waals surface area (Å²) in [5.74, 6) is -0.471. The number of aromatic amines is 1. The number of H-pyrrole nitrogens is 1. The fraction of sp³-hybridized carbons (Fsp3) is 0.292. The molecular weight excluding hydrogens is 404 g/mol. The van der Waals surface area contributed by atoms with Crippen LogP contribution in [-0.4, -0.2) is 54.0 Å². The third kappa shape index (κ3) is 4.65. The Balaban J connectivity index is 1.53. The van der Waals surface area contributed by atoms with Gasteiger partial charge < -0.3 is 25.4 Å². The zero-order valence-corrected chi connectivity index (χ0v) is 18.6. The first-order valence-electron chi connectivity index (χ1n) is 10.7. The topological polar surface area (TPSA) is 93.4 Å². The lowest BCUT2D eigenvalue weighted by Crippen LogP contribution is -2.44. The summed E-state index contributed by atoms with van der Waals surface area (Å²) in [6.07, 6.45) is 3.25. The van der Waals surface area contributed by atoms with Crippen LogP contribution in [0.5, 0.6) is 0 Å². The summed E-state index contributed by atoms with van der Waals surface area (Å²) in [6.45, 7) is 7.84. The van der Waals surface area contributed by atoms with Crippen LogP contribution in [0, 0.1) is 13.8 Å². The molecular formula is C24H28N6O2. The Hall–Kier alpha value is -3.65. The van der Waals surface area contributed by atoms with Crippen LogP contribution in [0.4, 0.5) is 22.7 Å².